The highest BCUT2D eigenvalue weighted by Crippen LogP contribution is 2.48. The van der Waals surface area contributed by atoms with Crippen LogP contribution in [0.25, 0.3) is 11.0 Å². The molecule has 1 aliphatic rings. The summed E-state index contributed by atoms with van der Waals surface area (Å²) in [6.45, 7) is 0.242. The average molecular weight is 330 g/mol. The van der Waals surface area contributed by atoms with Crippen molar-refractivity contribution in [3.8, 4) is 17.6 Å². The van der Waals surface area contributed by atoms with Crippen LogP contribution in [0.4, 0.5) is 17.6 Å². The summed E-state index contributed by atoms with van der Waals surface area (Å²) >= 11 is 0. The molecule has 0 amide bonds. The molecule has 0 saturated heterocycles. The number of nitrogens with zero attached hydrogens (tertiary/aromatic N) is 4. The number of ether oxygens (including phenoxy) is 2. The van der Waals surface area contributed by atoms with Crippen LogP contribution in [0.3, 0.4) is 0 Å². The molecule has 1 aromatic heterocycles. The molecule has 6 nitrogen and oxygen atoms in total. The van der Waals surface area contributed by atoms with Gasteiger partial charge in [-0.3, -0.25) is 4.90 Å². The van der Waals surface area contributed by atoms with Gasteiger partial charge in [-0.1, -0.05) is 0 Å². The SMILES string of the molecule is CN(C)Cn1c(C#N)nc2cc3c(cc21)OC(F)(F)C(F)(F)O3. The Labute approximate surface area is 127 Å². The molecule has 2 heterocycles. The monoisotopic (exact) mass is 330 g/mol. The van der Waals surface area contributed by atoms with E-state index in [1.54, 1.807) is 19.0 Å². The molecule has 122 valence electrons. The fraction of sp³-hybridized carbons (Fsp3) is 0.385. The maximum Gasteiger partial charge on any atom is 0.507 e. The lowest BCUT2D eigenvalue weighted by Crippen LogP contribution is -2.52. The second kappa shape index (κ2) is 4.73. The summed E-state index contributed by atoms with van der Waals surface area (Å²) in [6, 6.07) is 4.01. The molecule has 0 radical (unpaired) electrons. The van der Waals surface area contributed by atoms with Crippen molar-refractivity contribution in [1.82, 2.24) is 14.5 Å². The summed E-state index contributed by atoms with van der Waals surface area (Å²) in [5.41, 5.74) is 0.449. The van der Waals surface area contributed by atoms with Crippen LogP contribution in [0.5, 0.6) is 11.5 Å². The van der Waals surface area contributed by atoms with Crippen LogP contribution in [0, 0.1) is 11.3 Å². The number of alkyl halides is 4. The normalized spacial score (nSPS) is 18.2. The minimum Gasteiger partial charge on any atom is -0.421 e. The van der Waals surface area contributed by atoms with Crippen LogP contribution in [0.1, 0.15) is 5.82 Å². The number of fused-ring (bicyclic) bond motifs is 2. The molecule has 23 heavy (non-hydrogen) atoms. The van der Waals surface area contributed by atoms with Gasteiger partial charge in [-0.05, 0) is 14.1 Å². The van der Waals surface area contributed by atoms with Crippen LogP contribution in [0.15, 0.2) is 12.1 Å². The highest BCUT2D eigenvalue weighted by Gasteiger charge is 2.66. The van der Waals surface area contributed by atoms with E-state index in [2.05, 4.69) is 14.5 Å². The molecular formula is C13H10F4N4O2. The number of benzene rings is 1. The topological polar surface area (TPSA) is 63.3 Å². The van der Waals surface area contributed by atoms with Gasteiger partial charge in [-0.2, -0.15) is 22.8 Å². The van der Waals surface area contributed by atoms with Crippen molar-refractivity contribution in [2.24, 2.45) is 0 Å². The molecule has 0 aliphatic carbocycles. The molecule has 0 unspecified atom stereocenters. The first-order chi connectivity index (χ1) is 10.6. The zero-order chi connectivity index (χ0) is 17.0. The number of hydrogen-bond donors (Lipinski definition) is 0. The van der Waals surface area contributed by atoms with Crippen LogP contribution in [-0.2, 0) is 6.67 Å². The second-order valence-corrected chi connectivity index (χ2v) is 5.22. The number of nitriles is 1. The zero-order valence-electron chi connectivity index (χ0n) is 12.0. The summed E-state index contributed by atoms with van der Waals surface area (Å²) < 4.78 is 62.5. The van der Waals surface area contributed by atoms with Crippen LogP contribution >= 0.6 is 0 Å². The van der Waals surface area contributed by atoms with Gasteiger partial charge >= 0.3 is 12.2 Å². The molecule has 0 fully saturated rings. The van der Waals surface area contributed by atoms with Gasteiger partial charge in [0.1, 0.15) is 6.07 Å². The standard InChI is InChI=1S/C13H10F4N4O2/c1-20(2)6-21-8-4-10-9(3-7(8)19-11(21)5-18)22-12(14,15)13(16,17)23-10/h3-4H,6H2,1-2H3. The van der Waals surface area contributed by atoms with Gasteiger partial charge in [0.05, 0.1) is 17.7 Å². The molecule has 1 aliphatic heterocycles. The Bertz CT molecular complexity index is 825. The largest absolute Gasteiger partial charge is 0.507 e. The third-order valence-corrected chi connectivity index (χ3v) is 3.15. The van der Waals surface area contributed by atoms with E-state index < -0.39 is 23.7 Å². The Morgan fingerprint density at radius 1 is 1.17 bits per heavy atom. The first-order valence-electron chi connectivity index (χ1n) is 6.37. The van der Waals surface area contributed by atoms with E-state index in [0.29, 0.717) is 5.52 Å². The highest BCUT2D eigenvalue weighted by atomic mass is 19.3. The predicted molar refractivity (Wildman–Crippen MR) is 69.3 cm³/mol. The number of aromatic nitrogens is 2. The van der Waals surface area contributed by atoms with Gasteiger partial charge in [-0.15, -0.1) is 0 Å². The van der Waals surface area contributed by atoms with E-state index in [-0.39, 0.29) is 18.0 Å². The molecule has 0 saturated carbocycles. The molecule has 0 atom stereocenters. The average Bonchev–Trinajstić information content (AvgIpc) is 2.74. The van der Waals surface area contributed by atoms with Gasteiger partial charge in [0.2, 0.25) is 5.82 Å². The predicted octanol–water partition coefficient (Wildman–Crippen LogP) is 2.38. The van der Waals surface area contributed by atoms with Crippen LogP contribution in [-0.4, -0.2) is 40.8 Å². The van der Waals surface area contributed by atoms with Gasteiger partial charge in [0, 0.05) is 12.1 Å². The maximum atomic E-state index is 13.3. The fourth-order valence-corrected chi connectivity index (χ4v) is 2.20. The molecular weight excluding hydrogens is 320 g/mol. The van der Waals surface area contributed by atoms with Crippen LogP contribution < -0.4 is 9.47 Å². The minimum atomic E-state index is -4.79. The van der Waals surface area contributed by atoms with Crippen molar-refractivity contribution >= 4 is 11.0 Å². The lowest BCUT2D eigenvalue weighted by Gasteiger charge is -2.31. The summed E-state index contributed by atoms with van der Waals surface area (Å²) in [7, 11) is 3.47. The first kappa shape index (κ1) is 15.4. The van der Waals surface area contributed by atoms with Crippen molar-refractivity contribution in [1.29, 1.82) is 5.26 Å². The Hall–Kier alpha value is -2.54. The smallest absolute Gasteiger partial charge is 0.421 e. The van der Waals surface area contributed by atoms with Crippen molar-refractivity contribution in [3.63, 3.8) is 0 Å². The lowest BCUT2D eigenvalue weighted by atomic mass is 10.2. The lowest BCUT2D eigenvalue weighted by molar-refractivity contribution is -0.391. The number of halogens is 4. The van der Waals surface area contributed by atoms with Crippen molar-refractivity contribution in [2.45, 2.75) is 18.9 Å². The molecule has 0 spiro atoms. The minimum absolute atomic E-state index is 0.00886. The third-order valence-electron chi connectivity index (χ3n) is 3.15. The first-order valence-corrected chi connectivity index (χ1v) is 6.37. The van der Waals surface area contributed by atoms with Gasteiger partial charge in [0.25, 0.3) is 0 Å². The van der Waals surface area contributed by atoms with Crippen LogP contribution in [0.2, 0.25) is 0 Å². The second-order valence-electron chi connectivity index (χ2n) is 5.22. The summed E-state index contributed by atoms with van der Waals surface area (Å²) in [5.74, 6) is -1.10. The number of hydrogen-bond acceptors (Lipinski definition) is 5. The molecule has 2 aromatic rings. The molecule has 3 rings (SSSR count). The Morgan fingerprint density at radius 3 is 2.26 bits per heavy atom. The third kappa shape index (κ3) is 2.33. The van der Waals surface area contributed by atoms with Crippen molar-refractivity contribution in [3.05, 3.63) is 18.0 Å². The van der Waals surface area contributed by atoms with Crippen molar-refractivity contribution in [2.75, 3.05) is 14.1 Å². The van der Waals surface area contributed by atoms with Crippen molar-refractivity contribution < 1.29 is 27.0 Å². The summed E-state index contributed by atoms with van der Waals surface area (Å²) in [5, 5.41) is 9.11. The van der Waals surface area contributed by atoms with Gasteiger partial charge < -0.3 is 14.0 Å². The summed E-state index contributed by atoms with van der Waals surface area (Å²) in [6.07, 6.45) is -9.59. The molecule has 0 N–H and O–H groups in total. The van der Waals surface area contributed by atoms with E-state index in [0.717, 1.165) is 12.1 Å². The zero-order valence-corrected chi connectivity index (χ0v) is 12.0. The quantitative estimate of drug-likeness (QED) is 0.791. The Morgan fingerprint density at radius 2 is 1.74 bits per heavy atom. The van der Waals surface area contributed by atoms with E-state index >= 15 is 0 Å². The van der Waals surface area contributed by atoms with Gasteiger partial charge in [-0.25, -0.2) is 4.98 Å². The Balaban J connectivity index is 2.19. The molecule has 1 aromatic carbocycles. The van der Waals surface area contributed by atoms with E-state index in [1.807, 2.05) is 6.07 Å². The highest BCUT2D eigenvalue weighted by molar-refractivity contribution is 5.81. The van der Waals surface area contributed by atoms with E-state index in [9.17, 15) is 17.6 Å². The number of rotatable bonds is 2. The number of imidazole rings is 1. The summed E-state index contributed by atoms with van der Waals surface area (Å²) in [4.78, 5) is 5.71. The van der Waals surface area contributed by atoms with E-state index in [1.165, 1.54) is 4.57 Å². The van der Waals surface area contributed by atoms with Gasteiger partial charge in [0.15, 0.2) is 11.5 Å². The van der Waals surface area contributed by atoms with E-state index in [4.69, 9.17) is 5.26 Å². The maximum absolute atomic E-state index is 13.3. The molecule has 10 heteroatoms. The fourth-order valence-electron chi connectivity index (χ4n) is 2.20. The molecule has 0 bridgehead atoms. The Kier molecular flexibility index (Phi) is 3.16.